The Morgan fingerprint density at radius 3 is 1.00 bits per heavy atom. The largest absolute Gasteiger partial charge is 0.508 e. The maximum absolute atomic E-state index is 9.82. The zero-order chi connectivity index (χ0) is 20.7. The van der Waals surface area contributed by atoms with Gasteiger partial charge in [-0.25, -0.2) is 0 Å². The topological polar surface area (TPSA) is 20.2 Å². The fourth-order valence-electron chi connectivity index (χ4n) is 2.74. The zero-order valence-electron chi connectivity index (χ0n) is 13.4. The first-order valence-electron chi connectivity index (χ1n) is 7.45. The molecule has 0 aliphatic heterocycles. The molecule has 3 aromatic carbocycles. The minimum atomic E-state index is -0.111. The van der Waals surface area contributed by atoms with Crippen LogP contribution in [0.1, 0.15) is 16.7 Å². The van der Waals surface area contributed by atoms with E-state index in [0.717, 1.165) is 0 Å². The molecule has 28 heavy (non-hydrogen) atoms. The van der Waals surface area contributed by atoms with Crippen LogP contribution in [0.15, 0.2) is 36.4 Å². The number of halogens is 8. The second-order valence-corrected chi connectivity index (χ2v) is 8.96. The van der Waals surface area contributed by atoms with E-state index < -0.39 is 0 Å². The number of phenolic OH excluding ortho intramolecular Hbond substituents is 1. The summed E-state index contributed by atoms with van der Waals surface area (Å²) < 4.78 is 0. The molecule has 0 aliphatic carbocycles. The quantitative estimate of drug-likeness (QED) is 0.332. The van der Waals surface area contributed by atoms with Crippen molar-refractivity contribution in [2.75, 3.05) is 0 Å². The summed E-state index contributed by atoms with van der Waals surface area (Å²) in [6.07, 6.45) is 0. The van der Waals surface area contributed by atoms with Crippen LogP contribution in [0.5, 0.6) is 5.75 Å². The predicted molar refractivity (Wildman–Crippen MR) is 122 cm³/mol. The van der Waals surface area contributed by atoms with Gasteiger partial charge in [-0.1, -0.05) is 92.8 Å². The van der Waals surface area contributed by atoms with Gasteiger partial charge in [-0.15, -0.1) is 0 Å². The van der Waals surface area contributed by atoms with Gasteiger partial charge in [0.2, 0.25) is 0 Å². The lowest BCUT2D eigenvalue weighted by molar-refractivity contribution is 0.475. The van der Waals surface area contributed by atoms with Gasteiger partial charge in [0.05, 0.1) is 16.0 Å². The van der Waals surface area contributed by atoms with E-state index in [9.17, 15) is 5.11 Å². The Morgan fingerprint density at radius 1 is 0.464 bits per heavy atom. The number of hydrogen-bond acceptors (Lipinski definition) is 1. The molecule has 0 amide bonds. The lowest BCUT2D eigenvalue weighted by Crippen LogP contribution is -2.09. The number of benzene rings is 3. The Labute approximate surface area is 201 Å². The minimum absolute atomic E-state index is 0.111. The van der Waals surface area contributed by atoms with Crippen LogP contribution in [0.3, 0.4) is 0 Å². The van der Waals surface area contributed by atoms with Crippen LogP contribution >= 0.6 is 92.8 Å². The Balaban J connectivity index is 2.45. The van der Waals surface area contributed by atoms with E-state index in [1.54, 1.807) is 0 Å². The van der Waals surface area contributed by atoms with Crippen molar-refractivity contribution in [1.82, 2.24) is 0 Å². The molecule has 3 rings (SSSR count). The molecule has 0 bridgehead atoms. The first kappa shape index (κ1) is 22.5. The Kier molecular flexibility index (Phi) is 7.12. The molecule has 1 nitrogen and oxygen atoms in total. The molecular weight excluding hydrogens is 528 g/mol. The molecule has 0 spiro atoms. The average molecular weight is 535 g/mol. The highest BCUT2D eigenvalue weighted by Gasteiger charge is 2.31. The van der Waals surface area contributed by atoms with Crippen LogP contribution in [-0.2, 0) is 0 Å². The summed E-state index contributed by atoms with van der Waals surface area (Å²) in [5, 5.41) is 11.7. The van der Waals surface area contributed by atoms with Gasteiger partial charge in [-0.2, -0.15) is 0 Å². The van der Waals surface area contributed by atoms with Crippen molar-refractivity contribution < 1.29 is 5.11 Å². The molecule has 0 fully saturated rings. The maximum atomic E-state index is 9.82. The van der Waals surface area contributed by atoms with Gasteiger partial charge in [-0.3, -0.25) is 0 Å². The van der Waals surface area contributed by atoms with Crippen molar-refractivity contribution in [2.24, 2.45) is 0 Å². The predicted octanol–water partition coefficient (Wildman–Crippen LogP) is 9.64. The SMILES string of the molecule is Oc1cc(Cl)c([C](c2c(Cl)cc(Cl)cc2Cl)c2c(Cl)cc(Cl)cc2Cl)c(Cl)c1. The van der Waals surface area contributed by atoms with Crippen molar-refractivity contribution in [3.8, 4) is 5.75 Å². The second-order valence-electron chi connectivity index (χ2n) is 5.65. The standard InChI is InChI=1S/C19H7Cl8O/c20-7-1-10(22)16(11(23)2-7)19(17-12(24)3-8(21)4-13(17)25)18-14(26)5-9(28)6-15(18)27/h1-6,28H. The van der Waals surface area contributed by atoms with Crippen LogP contribution < -0.4 is 0 Å². The number of phenols is 1. The van der Waals surface area contributed by atoms with Crippen molar-refractivity contribution in [2.45, 2.75) is 0 Å². The Hall–Kier alpha value is -0.220. The normalized spacial score (nSPS) is 11.3. The lowest BCUT2D eigenvalue weighted by Gasteiger charge is -2.25. The number of hydrogen-bond donors (Lipinski definition) is 1. The molecule has 9 heteroatoms. The zero-order valence-corrected chi connectivity index (χ0v) is 19.5. The average Bonchev–Trinajstić information content (AvgIpc) is 2.51. The molecule has 1 radical (unpaired) electrons. The third-order valence-electron chi connectivity index (χ3n) is 3.79. The van der Waals surface area contributed by atoms with E-state index in [1.165, 1.54) is 36.4 Å². The molecular formula is C19H7Cl8O. The third kappa shape index (κ3) is 4.43. The minimum Gasteiger partial charge on any atom is -0.508 e. The second kappa shape index (κ2) is 8.88. The van der Waals surface area contributed by atoms with Crippen molar-refractivity contribution in [3.63, 3.8) is 0 Å². The molecule has 0 aliphatic rings. The summed E-state index contributed by atoms with van der Waals surface area (Å²) in [4.78, 5) is 0. The third-order valence-corrected chi connectivity index (χ3v) is 6.02. The molecule has 0 saturated carbocycles. The smallest absolute Gasteiger partial charge is 0.118 e. The molecule has 0 atom stereocenters. The maximum Gasteiger partial charge on any atom is 0.118 e. The first-order chi connectivity index (χ1) is 13.1. The highest BCUT2D eigenvalue weighted by molar-refractivity contribution is 6.42. The molecule has 1 N–H and O–H groups in total. The molecule has 0 saturated heterocycles. The van der Waals surface area contributed by atoms with Crippen molar-refractivity contribution in [3.05, 3.63) is 99.2 Å². The highest BCUT2D eigenvalue weighted by Crippen LogP contribution is 2.49. The Bertz CT molecular complexity index is 874. The van der Waals surface area contributed by atoms with E-state index in [2.05, 4.69) is 0 Å². The van der Waals surface area contributed by atoms with Crippen LogP contribution in [-0.4, -0.2) is 5.11 Å². The molecule has 145 valence electrons. The monoisotopic (exact) mass is 531 g/mol. The van der Waals surface area contributed by atoms with Crippen LogP contribution in [0.4, 0.5) is 0 Å². The van der Waals surface area contributed by atoms with E-state index in [0.29, 0.717) is 32.7 Å². The fraction of sp³-hybridized carbons (Fsp3) is 0. The van der Waals surface area contributed by atoms with Gasteiger partial charge >= 0.3 is 0 Å². The summed E-state index contributed by atoms with van der Waals surface area (Å²) in [6, 6.07) is 8.74. The van der Waals surface area contributed by atoms with Crippen molar-refractivity contribution in [1.29, 1.82) is 0 Å². The Morgan fingerprint density at radius 2 is 0.714 bits per heavy atom. The molecule has 0 unspecified atom stereocenters. The number of aromatic hydroxyl groups is 1. The summed E-state index contributed by atoms with van der Waals surface area (Å²) in [7, 11) is 0. The molecule has 0 aromatic heterocycles. The van der Waals surface area contributed by atoms with E-state index in [4.69, 9.17) is 92.8 Å². The van der Waals surface area contributed by atoms with Crippen LogP contribution in [0, 0.1) is 5.92 Å². The molecule has 0 heterocycles. The molecule has 3 aromatic rings. The van der Waals surface area contributed by atoms with Gasteiger partial charge in [0.25, 0.3) is 0 Å². The highest BCUT2D eigenvalue weighted by atomic mass is 35.5. The summed E-state index contributed by atoms with van der Waals surface area (Å²) in [5.74, 6) is 0.257. The van der Waals surface area contributed by atoms with Gasteiger partial charge < -0.3 is 5.11 Å². The number of rotatable bonds is 3. The summed E-state index contributed by atoms with van der Waals surface area (Å²) >= 11 is 50.8. The van der Waals surface area contributed by atoms with Gasteiger partial charge in [0.1, 0.15) is 5.75 Å². The van der Waals surface area contributed by atoms with E-state index in [1.807, 2.05) is 0 Å². The van der Waals surface area contributed by atoms with Gasteiger partial charge in [0.15, 0.2) is 0 Å². The first-order valence-corrected chi connectivity index (χ1v) is 10.5. The van der Waals surface area contributed by atoms with Gasteiger partial charge in [0, 0.05) is 46.8 Å². The summed E-state index contributed by atoms with van der Waals surface area (Å²) in [6.45, 7) is 0. The van der Waals surface area contributed by atoms with Crippen LogP contribution in [0.25, 0.3) is 0 Å². The lowest BCUT2D eigenvalue weighted by atomic mass is 9.84. The summed E-state index contributed by atoms with van der Waals surface area (Å²) in [5.41, 5.74) is 1.07. The van der Waals surface area contributed by atoms with E-state index >= 15 is 0 Å². The fourth-order valence-corrected chi connectivity index (χ4v) is 5.41. The van der Waals surface area contributed by atoms with Crippen LogP contribution in [0.2, 0.25) is 40.2 Å². The van der Waals surface area contributed by atoms with E-state index in [-0.39, 0.29) is 35.9 Å². The van der Waals surface area contributed by atoms with Gasteiger partial charge in [-0.05, 0) is 36.4 Å². The van der Waals surface area contributed by atoms with Crippen molar-refractivity contribution >= 4 is 92.8 Å².